The number of rotatable bonds is 2. The number of hydrogen-bond donors (Lipinski definition) is 1. The van der Waals surface area contributed by atoms with Crippen molar-refractivity contribution in [3.63, 3.8) is 0 Å². The van der Waals surface area contributed by atoms with Crippen molar-refractivity contribution in [2.24, 2.45) is 5.92 Å². The van der Waals surface area contributed by atoms with Gasteiger partial charge in [0.15, 0.2) is 0 Å². The standard InChI is InChI=1S/C16H23NO3/c1-12-14(3-2-7-17-12)15(18)13-4-8-20-16(11-13)5-9-19-10-6-16/h2-3,7,13,15,18H,4-6,8-11H2,1H3. The largest absolute Gasteiger partial charge is 0.388 e. The van der Waals surface area contributed by atoms with Gasteiger partial charge in [0, 0.05) is 37.3 Å². The van der Waals surface area contributed by atoms with Crippen molar-refractivity contribution in [3.05, 3.63) is 29.6 Å². The van der Waals surface area contributed by atoms with E-state index in [9.17, 15) is 5.11 Å². The fourth-order valence-electron chi connectivity index (χ4n) is 3.49. The third-order valence-electron chi connectivity index (χ3n) is 4.75. The molecule has 2 atom stereocenters. The Morgan fingerprint density at radius 1 is 1.35 bits per heavy atom. The minimum absolute atomic E-state index is 0.0712. The molecule has 20 heavy (non-hydrogen) atoms. The van der Waals surface area contributed by atoms with Gasteiger partial charge in [-0.25, -0.2) is 0 Å². The molecule has 2 aliphatic heterocycles. The molecule has 1 aromatic rings. The molecule has 0 aromatic carbocycles. The van der Waals surface area contributed by atoms with Crippen LogP contribution in [0.25, 0.3) is 0 Å². The molecule has 3 rings (SSSR count). The lowest BCUT2D eigenvalue weighted by atomic mass is 9.77. The van der Waals surface area contributed by atoms with Crippen LogP contribution in [0.1, 0.15) is 43.0 Å². The number of hydrogen-bond acceptors (Lipinski definition) is 4. The van der Waals surface area contributed by atoms with Gasteiger partial charge in [0.2, 0.25) is 0 Å². The third-order valence-corrected chi connectivity index (χ3v) is 4.75. The highest BCUT2D eigenvalue weighted by Crippen LogP contribution is 2.42. The number of pyridine rings is 1. The highest BCUT2D eigenvalue weighted by molar-refractivity contribution is 5.22. The van der Waals surface area contributed by atoms with Gasteiger partial charge in [-0.3, -0.25) is 4.98 Å². The van der Waals surface area contributed by atoms with Crippen molar-refractivity contribution in [2.45, 2.75) is 44.3 Å². The van der Waals surface area contributed by atoms with E-state index in [-0.39, 0.29) is 11.5 Å². The fourth-order valence-corrected chi connectivity index (χ4v) is 3.49. The molecule has 110 valence electrons. The molecule has 0 saturated carbocycles. The summed E-state index contributed by atoms with van der Waals surface area (Å²) in [6.07, 6.45) is 5.07. The molecule has 0 bridgehead atoms. The lowest BCUT2D eigenvalue weighted by Crippen LogP contribution is -2.45. The maximum Gasteiger partial charge on any atom is 0.0837 e. The van der Waals surface area contributed by atoms with Crippen molar-refractivity contribution in [1.29, 1.82) is 0 Å². The summed E-state index contributed by atoms with van der Waals surface area (Å²) >= 11 is 0. The van der Waals surface area contributed by atoms with Crippen LogP contribution in [0.15, 0.2) is 18.3 Å². The minimum Gasteiger partial charge on any atom is -0.388 e. The molecule has 3 heterocycles. The molecule has 4 nitrogen and oxygen atoms in total. The van der Waals surface area contributed by atoms with E-state index in [4.69, 9.17) is 9.47 Å². The summed E-state index contributed by atoms with van der Waals surface area (Å²) in [5, 5.41) is 10.7. The molecule has 4 heteroatoms. The number of nitrogens with zero attached hydrogens (tertiary/aromatic N) is 1. The predicted molar refractivity (Wildman–Crippen MR) is 75.4 cm³/mol. The van der Waals surface area contributed by atoms with Crippen molar-refractivity contribution in [3.8, 4) is 0 Å². The summed E-state index contributed by atoms with van der Waals surface area (Å²) in [6, 6.07) is 3.88. The van der Waals surface area contributed by atoms with Crippen molar-refractivity contribution >= 4 is 0 Å². The van der Waals surface area contributed by atoms with Crippen LogP contribution in [0.4, 0.5) is 0 Å². The van der Waals surface area contributed by atoms with Crippen molar-refractivity contribution < 1.29 is 14.6 Å². The Morgan fingerprint density at radius 2 is 2.15 bits per heavy atom. The zero-order valence-corrected chi connectivity index (χ0v) is 12.0. The first-order chi connectivity index (χ1) is 9.70. The lowest BCUT2D eigenvalue weighted by molar-refractivity contribution is -0.159. The molecule has 1 aromatic heterocycles. The average molecular weight is 277 g/mol. The molecule has 1 spiro atoms. The van der Waals surface area contributed by atoms with Crippen LogP contribution in [-0.4, -0.2) is 35.5 Å². The Bertz CT molecular complexity index is 451. The molecule has 2 fully saturated rings. The van der Waals surface area contributed by atoms with Gasteiger partial charge in [0.05, 0.1) is 11.7 Å². The van der Waals surface area contributed by atoms with E-state index in [2.05, 4.69) is 4.98 Å². The quantitative estimate of drug-likeness (QED) is 0.902. The maximum absolute atomic E-state index is 10.7. The van der Waals surface area contributed by atoms with Gasteiger partial charge in [-0.2, -0.15) is 0 Å². The summed E-state index contributed by atoms with van der Waals surface area (Å²) in [7, 11) is 0. The van der Waals surface area contributed by atoms with Crippen LogP contribution in [0.2, 0.25) is 0 Å². The van der Waals surface area contributed by atoms with E-state index in [0.29, 0.717) is 0 Å². The molecule has 0 radical (unpaired) electrons. The normalized spacial score (nSPS) is 27.4. The predicted octanol–water partition coefficient (Wildman–Crippen LogP) is 2.40. The Balaban J connectivity index is 1.75. The molecule has 2 saturated heterocycles. The summed E-state index contributed by atoms with van der Waals surface area (Å²) < 4.78 is 11.5. The van der Waals surface area contributed by atoms with Gasteiger partial charge in [-0.1, -0.05) is 6.07 Å². The van der Waals surface area contributed by atoms with Gasteiger partial charge >= 0.3 is 0 Å². The van der Waals surface area contributed by atoms with E-state index in [1.807, 2.05) is 19.1 Å². The molecule has 2 unspecified atom stereocenters. The van der Waals surface area contributed by atoms with Gasteiger partial charge in [-0.15, -0.1) is 0 Å². The van der Waals surface area contributed by atoms with Crippen molar-refractivity contribution in [1.82, 2.24) is 4.98 Å². The first kappa shape index (κ1) is 14.0. The van der Waals surface area contributed by atoms with E-state index < -0.39 is 6.10 Å². The molecular weight excluding hydrogens is 254 g/mol. The second kappa shape index (κ2) is 5.80. The summed E-state index contributed by atoms with van der Waals surface area (Å²) in [6.45, 7) is 4.24. The Kier molecular flexibility index (Phi) is 4.06. The fraction of sp³-hybridized carbons (Fsp3) is 0.688. The molecule has 0 aliphatic carbocycles. The lowest BCUT2D eigenvalue weighted by Gasteiger charge is -2.44. The minimum atomic E-state index is -0.438. The Morgan fingerprint density at radius 3 is 2.90 bits per heavy atom. The topological polar surface area (TPSA) is 51.6 Å². The van der Waals surface area contributed by atoms with Gasteiger partial charge < -0.3 is 14.6 Å². The van der Waals surface area contributed by atoms with Gasteiger partial charge in [0.1, 0.15) is 0 Å². The third kappa shape index (κ3) is 2.73. The summed E-state index contributed by atoms with van der Waals surface area (Å²) in [5.41, 5.74) is 1.81. The van der Waals surface area contributed by atoms with Crippen LogP contribution in [-0.2, 0) is 9.47 Å². The number of aromatic nitrogens is 1. The number of ether oxygens (including phenoxy) is 2. The van der Waals surface area contributed by atoms with Crippen LogP contribution < -0.4 is 0 Å². The molecule has 1 N–H and O–H groups in total. The first-order valence-electron chi connectivity index (χ1n) is 7.51. The SMILES string of the molecule is Cc1ncccc1C(O)C1CCOC2(CCOCC2)C1. The molecule has 2 aliphatic rings. The highest BCUT2D eigenvalue weighted by atomic mass is 16.5. The Hall–Kier alpha value is -0.970. The maximum atomic E-state index is 10.7. The summed E-state index contributed by atoms with van der Waals surface area (Å²) in [4.78, 5) is 4.29. The second-order valence-electron chi connectivity index (χ2n) is 6.02. The molecule has 0 amide bonds. The zero-order chi connectivity index (χ0) is 14.0. The number of aliphatic hydroxyl groups is 1. The monoisotopic (exact) mass is 277 g/mol. The smallest absolute Gasteiger partial charge is 0.0837 e. The van der Waals surface area contributed by atoms with Crippen LogP contribution in [0.5, 0.6) is 0 Å². The van der Waals surface area contributed by atoms with E-state index in [1.165, 1.54) is 0 Å². The zero-order valence-electron chi connectivity index (χ0n) is 12.0. The van der Waals surface area contributed by atoms with E-state index in [0.717, 1.165) is 56.8 Å². The highest BCUT2D eigenvalue weighted by Gasteiger charge is 2.41. The second-order valence-corrected chi connectivity index (χ2v) is 6.02. The average Bonchev–Trinajstić information content (AvgIpc) is 2.48. The number of aliphatic hydroxyl groups excluding tert-OH is 1. The van der Waals surface area contributed by atoms with Crippen LogP contribution >= 0.6 is 0 Å². The van der Waals surface area contributed by atoms with Gasteiger partial charge in [0.25, 0.3) is 0 Å². The van der Waals surface area contributed by atoms with Crippen molar-refractivity contribution in [2.75, 3.05) is 19.8 Å². The first-order valence-corrected chi connectivity index (χ1v) is 7.51. The molecular formula is C16H23NO3. The van der Waals surface area contributed by atoms with Gasteiger partial charge in [-0.05, 0) is 44.6 Å². The van der Waals surface area contributed by atoms with E-state index >= 15 is 0 Å². The number of aryl methyl sites for hydroxylation is 1. The Labute approximate surface area is 120 Å². The van der Waals surface area contributed by atoms with Crippen LogP contribution in [0, 0.1) is 12.8 Å². The van der Waals surface area contributed by atoms with Crippen LogP contribution in [0.3, 0.4) is 0 Å². The van der Waals surface area contributed by atoms with E-state index in [1.54, 1.807) is 6.20 Å². The summed E-state index contributed by atoms with van der Waals surface area (Å²) in [5.74, 6) is 0.254.